The molecule has 11 nitrogen and oxygen atoms in total. The van der Waals surface area contributed by atoms with Gasteiger partial charge in [-0.15, -0.1) is 0 Å². The number of halogens is 1. The zero-order valence-corrected chi connectivity index (χ0v) is 13.1. The van der Waals surface area contributed by atoms with E-state index in [0.29, 0.717) is 0 Å². The standard InChI is InChI=1S/C13H8ClN3O8/c1-24-12-9(14)6-10(16(20)21)13(11(12)17(22)23)25-8-4-2-7(3-5-8)15(18)19/h2-6H,1H3. The number of nitro benzene ring substituents is 3. The summed E-state index contributed by atoms with van der Waals surface area (Å²) < 4.78 is 10.1. The van der Waals surface area contributed by atoms with E-state index in [4.69, 9.17) is 21.1 Å². The Hall–Kier alpha value is -3.47. The van der Waals surface area contributed by atoms with E-state index in [1.807, 2.05) is 0 Å². The first-order valence-corrected chi connectivity index (χ1v) is 6.75. The van der Waals surface area contributed by atoms with Gasteiger partial charge in [-0.3, -0.25) is 30.3 Å². The molecule has 0 aromatic heterocycles. The number of hydrogen-bond donors (Lipinski definition) is 0. The monoisotopic (exact) mass is 369 g/mol. The van der Waals surface area contributed by atoms with Crippen LogP contribution in [-0.4, -0.2) is 21.9 Å². The second-order valence-electron chi connectivity index (χ2n) is 4.46. The third-order valence-electron chi connectivity index (χ3n) is 2.99. The summed E-state index contributed by atoms with van der Waals surface area (Å²) in [6, 6.07) is 5.31. The van der Waals surface area contributed by atoms with Gasteiger partial charge in [-0.05, 0) is 12.1 Å². The third kappa shape index (κ3) is 3.55. The molecular formula is C13H8ClN3O8. The van der Waals surface area contributed by atoms with Crippen molar-refractivity contribution >= 4 is 28.7 Å². The molecule has 0 N–H and O–H groups in total. The molecule has 12 heteroatoms. The predicted octanol–water partition coefficient (Wildman–Crippen LogP) is 3.87. The molecule has 2 rings (SSSR count). The fourth-order valence-electron chi connectivity index (χ4n) is 1.94. The summed E-state index contributed by atoms with van der Waals surface area (Å²) in [6.07, 6.45) is 0. The quantitative estimate of drug-likeness (QED) is 0.550. The Kier molecular flexibility index (Phi) is 4.98. The summed E-state index contributed by atoms with van der Waals surface area (Å²) in [4.78, 5) is 30.7. The third-order valence-corrected chi connectivity index (χ3v) is 3.27. The number of nitro groups is 3. The first-order chi connectivity index (χ1) is 11.8. The van der Waals surface area contributed by atoms with Crippen molar-refractivity contribution in [1.29, 1.82) is 0 Å². The van der Waals surface area contributed by atoms with Gasteiger partial charge < -0.3 is 9.47 Å². The number of hydrogen-bond acceptors (Lipinski definition) is 8. The summed E-state index contributed by atoms with van der Waals surface area (Å²) >= 11 is 5.79. The molecule has 2 aromatic rings. The van der Waals surface area contributed by atoms with Crippen molar-refractivity contribution in [3.8, 4) is 17.2 Å². The van der Waals surface area contributed by atoms with Crippen LogP contribution in [0.4, 0.5) is 17.1 Å². The molecule has 0 aliphatic carbocycles. The average molecular weight is 370 g/mol. The molecule has 0 unspecified atom stereocenters. The smallest absolute Gasteiger partial charge is 0.361 e. The molecular weight excluding hydrogens is 362 g/mol. The largest absolute Gasteiger partial charge is 0.489 e. The van der Waals surface area contributed by atoms with Crippen molar-refractivity contribution in [1.82, 2.24) is 0 Å². The van der Waals surface area contributed by atoms with Gasteiger partial charge in [-0.25, -0.2) is 0 Å². The molecule has 0 spiro atoms. The van der Waals surface area contributed by atoms with Crippen LogP contribution in [0, 0.1) is 30.3 Å². The fraction of sp³-hybridized carbons (Fsp3) is 0.0769. The number of benzene rings is 2. The van der Waals surface area contributed by atoms with E-state index in [-0.39, 0.29) is 16.5 Å². The first kappa shape index (κ1) is 17.9. The molecule has 0 atom stereocenters. The Labute approximate surface area is 143 Å². The van der Waals surface area contributed by atoms with Gasteiger partial charge >= 0.3 is 11.4 Å². The number of non-ortho nitro benzene ring substituents is 1. The Balaban J connectivity index is 2.63. The average Bonchev–Trinajstić information content (AvgIpc) is 2.55. The lowest BCUT2D eigenvalue weighted by atomic mass is 10.2. The van der Waals surface area contributed by atoms with Crippen LogP contribution < -0.4 is 9.47 Å². The Morgan fingerprint density at radius 1 is 0.920 bits per heavy atom. The topological polar surface area (TPSA) is 148 Å². The lowest BCUT2D eigenvalue weighted by molar-refractivity contribution is -0.396. The molecule has 25 heavy (non-hydrogen) atoms. The van der Waals surface area contributed by atoms with Crippen molar-refractivity contribution in [2.45, 2.75) is 0 Å². The summed E-state index contributed by atoms with van der Waals surface area (Å²) in [5, 5.41) is 32.8. The van der Waals surface area contributed by atoms with E-state index in [2.05, 4.69) is 0 Å². The van der Waals surface area contributed by atoms with Crippen molar-refractivity contribution in [2.75, 3.05) is 7.11 Å². The van der Waals surface area contributed by atoms with Crippen LogP contribution in [-0.2, 0) is 0 Å². The van der Waals surface area contributed by atoms with Gasteiger partial charge in [0.05, 0.1) is 26.9 Å². The van der Waals surface area contributed by atoms with Gasteiger partial charge in [0.15, 0.2) is 0 Å². The van der Waals surface area contributed by atoms with E-state index in [1.54, 1.807) is 0 Å². The van der Waals surface area contributed by atoms with E-state index in [9.17, 15) is 30.3 Å². The summed E-state index contributed by atoms with van der Waals surface area (Å²) in [5.74, 6) is -1.19. The van der Waals surface area contributed by atoms with Crippen molar-refractivity contribution < 1.29 is 24.2 Å². The van der Waals surface area contributed by atoms with Crippen LogP contribution in [0.5, 0.6) is 17.2 Å². The Morgan fingerprint density at radius 2 is 1.52 bits per heavy atom. The highest BCUT2D eigenvalue weighted by molar-refractivity contribution is 6.32. The van der Waals surface area contributed by atoms with Gasteiger partial charge in [0.25, 0.3) is 11.4 Å². The summed E-state index contributed by atoms with van der Waals surface area (Å²) in [6.45, 7) is 0. The molecule has 0 saturated carbocycles. The van der Waals surface area contributed by atoms with Crippen LogP contribution in [0.25, 0.3) is 0 Å². The highest BCUT2D eigenvalue weighted by Crippen LogP contribution is 2.49. The van der Waals surface area contributed by atoms with E-state index >= 15 is 0 Å². The van der Waals surface area contributed by atoms with Crippen LogP contribution in [0.15, 0.2) is 30.3 Å². The van der Waals surface area contributed by atoms with Crippen LogP contribution in [0.2, 0.25) is 5.02 Å². The first-order valence-electron chi connectivity index (χ1n) is 6.37. The lowest BCUT2D eigenvalue weighted by Gasteiger charge is -2.10. The second kappa shape index (κ2) is 6.97. The minimum Gasteiger partial charge on any atom is -0.489 e. The van der Waals surface area contributed by atoms with E-state index in [0.717, 1.165) is 37.4 Å². The molecule has 0 aliphatic heterocycles. The van der Waals surface area contributed by atoms with Gasteiger partial charge in [0.1, 0.15) is 5.75 Å². The van der Waals surface area contributed by atoms with E-state index in [1.165, 1.54) is 0 Å². The number of ether oxygens (including phenoxy) is 2. The maximum Gasteiger partial charge on any atom is 0.361 e. The highest BCUT2D eigenvalue weighted by Gasteiger charge is 2.35. The zero-order valence-electron chi connectivity index (χ0n) is 12.4. The van der Waals surface area contributed by atoms with Gasteiger partial charge in [0.2, 0.25) is 5.75 Å². The minimum atomic E-state index is -0.932. The van der Waals surface area contributed by atoms with Crippen LogP contribution >= 0.6 is 11.6 Å². The Morgan fingerprint density at radius 3 is 1.96 bits per heavy atom. The second-order valence-corrected chi connectivity index (χ2v) is 4.86. The molecule has 0 amide bonds. The molecule has 0 radical (unpaired) electrons. The summed E-state index contributed by atoms with van der Waals surface area (Å²) in [7, 11) is 1.11. The van der Waals surface area contributed by atoms with Crippen molar-refractivity contribution in [2.24, 2.45) is 0 Å². The number of methoxy groups -OCH3 is 1. The SMILES string of the molecule is COc1c(Cl)cc([N+](=O)[O-])c(Oc2ccc([N+](=O)[O-])cc2)c1[N+](=O)[O-]. The van der Waals surface area contributed by atoms with Crippen LogP contribution in [0.3, 0.4) is 0 Å². The molecule has 0 bridgehead atoms. The number of rotatable bonds is 6. The molecule has 0 fully saturated rings. The van der Waals surface area contributed by atoms with Gasteiger partial charge in [0, 0.05) is 18.2 Å². The summed E-state index contributed by atoms with van der Waals surface area (Å²) in [5.41, 5.74) is -1.83. The minimum absolute atomic E-state index is 0.0822. The molecule has 130 valence electrons. The zero-order chi connectivity index (χ0) is 18.7. The van der Waals surface area contributed by atoms with Gasteiger partial charge in [-0.1, -0.05) is 11.6 Å². The maximum atomic E-state index is 11.3. The molecule has 0 aliphatic rings. The fourth-order valence-corrected chi connectivity index (χ4v) is 2.21. The Bertz CT molecular complexity index is 869. The van der Waals surface area contributed by atoms with Crippen molar-refractivity contribution in [3.63, 3.8) is 0 Å². The molecule has 2 aromatic carbocycles. The van der Waals surface area contributed by atoms with Gasteiger partial charge in [-0.2, -0.15) is 0 Å². The lowest BCUT2D eigenvalue weighted by Crippen LogP contribution is -2.02. The van der Waals surface area contributed by atoms with E-state index < -0.39 is 37.6 Å². The molecule has 0 saturated heterocycles. The maximum absolute atomic E-state index is 11.3. The van der Waals surface area contributed by atoms with Crippen LogP contribution in [0.1, 0.15) is 0 Å². The highest BCUT2D eigenvalue weighted by atomic mass is 35.5. The number of nitrogens with zero attached hydrogens (tertiary/aromatic N) is 3. The van der Waals surface area contributed by atoms with Crippen molar-refractivity contribution in [3.05, 3.63) is 65.7 Å². The predicted molar refractivity (Wildman–Crippen MR) is 84.5 cm³/mol. The molecule has 0 heterocycles. The normalized spacial score (nSPS) is 10.2.